The van der Waals surface area contributed by atoms with Crippen molar-refractivity contribution in [3.8, 4) is 0 Å². The van der Waals surface area contributed by atoms with Gasteiger partial charge in [-0.2, -0.15) is 0 Å². The summed E-state index contributed by atoms with van der Waals surface area (Å²) in [5, 5.41) is 0. The SMILES string of the molecule is CCC(C)(C)c1ccc2c(c1)C1CCCC1N2c1ccc(/C=C/c2ccccc2)cc1. The molecule has 5 rings (SSSR count). The molecule has 0 N–H and O–H groups in total. The lowest BCUT2D eigenvalue weighted by Gasteiger charge is -2.28. The minimum Gasteiger partial charge on any atom is -0.338 e. The predicted molar refractivity (Wildman–Crippen MR) is 134 cm³/mol. The average molecular weight is 408 g/mol. The van der Waals surface area contributed by atoms with Gasteiger partial charge in [0, 0.05) is 23.3 Å². The van der Waals surface area contributed by atoms with Crippen molar-refractivity contribution < 1.29 is 0 Å². The van der Waals surface area contributed by atoms with Crippen molar-refractivity contribution in [3.05, 3.63) is 95.1 Å². The highest BCUT2D eigenvalue weighted by Gasteiger charge is 2.42. The smallest absolute Gasteiger partial charge is 0.0449 e. The van der Waals surface area contributed by atoms with E-state index in [0.29, 0.717) is 12.0 Å². The topological polar surface area (TPSA) is 3.24 Å². The number of hydrogen-bond donors (Lipinski definition) is 0. The fraction of sp³-hybridized carbons (Fsp3) is 0.333. The van der Waals surface area contributed by atoms with Crippen LogP contribution < -0.4 is 4.90 Å². The van der Waals surface area contributed by atoms with E-state index in [1.807, 2.05) is 0 Å². The molecule has 0 aromatic heterocycles. The molecule has 1 heteroatoms. The van der Waals surface area contributed by atoms with Crippen molar-refractivity contribution in [2.45, 2.75) is 63.8 Å². The molecule has 0 amide bonds. The Labute approximate surface area is 187 Å². The molecule has 2 atom stereocenters. The highest BCUT2D eigenvalue weighted by atomic mass is 15.2. The molecule has 158 valence electrons. The Morgan fingerprint density at radius 2 is 1.58 bits per heavy atom. The summed E-state index contributed by atoms with van der Waals surface area (Å²) >= 11 is 0. The summed E-state index contributed by atoms with van der Waals surface area (Å²) in [6, 6.07) is 27.5. The second-order valence-electron chi connectivity index (χ2n) is 9.82. The first-order valence-corrected chi connectivity index (χ1v) is 11.8. The fourth-order valence-corrected chi connectivity index (χ4v) is 5.32. The summed E-state index contributed by atoms with van der Waals surface area (Å²) in [6.07, 6.45) is 9.51. The molecule has 1 nitrogen and oxygen atoms in total. The number of fused-ring (bicyclic) bond motifs is 3. The first-order chi connectivity index (χ1) is 15.1. The standard InChI is InChI=1S/C30H33N/c1-4-30(2,3)24-17-20-29-27(21-24)26-11-8-12-28(26)31(29)25-18-15-23(16-19-25)14-13-22-9-6-5-7-10-22/h5-7,9-10,13-21,26,28H,4,8,11-12H2,1-3H3/b14-13+. The monoisotopic (exact) mass is 407 g/mol. The first kappa shape index (κ1) is 20.1. The van der Waals surface area contributed by atoms with Crippen LogP contribution in [0.25, 0.3) is 12.2 Å². The van der Waals surface area contributed by atoms with E-state index in [9.17, 15) is 0 Å². The maximum Gasteiger partial charge on any atom is 0.0449 e. The van der Waals surface area contributed by atoms with Crippen LogP contribution in [0.1, 0.15) is 74.6 Å². The van der Waals surface area contributed by atoms with Crippen LogP contribution in [0.2, 0.25) is 0 Å². The zero-order valence-corrected chi connectivity index (χ0v) is 19.0. The molecule has 3 aromatic carbocycles. The third-order valence-corrected chi connectivity index (χ3v) is 7.60. The van der Waals surface area contributed by atoms with Gasteiger partial charge >= 0.3 is 0 Å². The molecule has 0 saturated heterocycles. The summed E-state index contributed by atoms with van der Waals surface area (Å²) in [4.78, 5) is 2.63. The quantitative estimate of drug-likeness (QED) is 0.384. The molecule has 31 heavy (non-hydrogen) atoms. The molecule has 1 heterocycles. The lowest BCUT2D eigenvalue weighted by atomic mass is 9.80. The third-order valence-electron chi connectivity index (χ3n) is 7.60. The zero-order valence-electron chi connectivity index (χ0n) is 19.0. The maximum atomic E-state index is 2.63. The molecule has 3 aromatic rings. The number of hydrogen-bond acceptors (Lipinski definition) is 1. The van der Waals surface area contributed by atoms with Gasteiger partial charge in [-0.1, -0.05) is 93.9 Å². The van der Waals surface area contributed by atoms with Gasteiger partial charge in [-0.05, 0) is 65.1 Å². The van der Waals surface area contributed by atoms with E-state index in [1.165, 1.54) is 53.7 Å². The third kappa shape index (κ3) is 3.71. The Hall–Kier alpha value is -2.80. The van der Waals surface area contributed by atoms with Gasteiger partial charge in [-0.15, -0.1) is 0 Å². The molecule has 1 saturated carbocycles. The van der Waals surface area contributed by atoms with Crippen molar-refractivity contribution in [2.75, 3.05) is 4.90 Å². The van der Waals surface area contributed by atoms with Crippen LogP contribution in [0.4, 0.5) is 11.4 Å². The van der Waals surface area contributed by atoms with Crippen molar-refractivity contribution in [1.29, 1.82) is 0 Å². The van der Waals surface area contributed by atoms with E-state index < -0.39 is 0 Å². The highest BCUT2D eigenvalue weighted by molar-refractivity contribution is 5.76. The van der Waals surface area contributed by atoms with Gasteiger partial charge in [0.15, 0.2) is 0 Å². The van der Waals surface area contributed by atoms with Gasteiger partial charge in [0.1, 0.15) is 0 Å². The van der Waals surface area contributed by atoms with Gasteiger partial charge < -0.3 is 4.90 Å². The normalized spacial score (nSPS) is 20.3. The van der Waals surface area contributed by atoms with Crippen molar-refractivity contribution >= 4 is 23.5 Å². The molecule has 0 radical (unpaired) electrons. The van der Waals surface area contributed by atoms with E-state index in [4.69, 9.17) is 0 Å². The van der Waals surface area contributed by atoms with Crippen LogP contribution in [0, 0.1) is 0 Å². The summed E-state index contributed by atoms with van der Waals surface area (Å²) < 4.78 is 0. The van der Waals surface area contributed by atoms with Gasteiger partial charge in [0.25, 0.3) is 0 Å². The first-order valence-electron chi connectivity index (χ1n) is 11.8. The summed E-state index contributed by atoms with van der Waals surface area (Å²) in [7, 11) is 0. The van der Waals surface area contributed by atoms with Gasteiger partial charge in [-0.3, -0.25) is 0 Å². The number of rotatable bonds is 5. The minimum atomic E-state index is 0.239. The molecule has 1 aliphatic carbocycles. The van der Waals surface area contributed by atoms with Crippen LogP contribution >= 0.6 is 0 Å². The summed E-state index contributed by atoms with van der Waals surface area (Å²) in [5.41, 5.74) is 8.54. The van der Waals surface area contributed by atoms with E-state index in [0.717, 1.165) is 0 Å². The lowest BCUT2D eigenvalue weighted by Crippen LogP contribution is -2.26. The average Bonchev–Trinajstić information content (AvgIpc) is 3.39. The maximum absolute atomic E-state index is 2.63. The van der Waals surface area contributed by atoms with Gasteiger partial charge in [-0.25, -0.2) is 0 Å². The Kier molecular flexibility index (Phi) is 5.22. The largest absolute Gasteiger partial charge is 0.338 e. The fourth-order valence-electron chi connectivity index (χ4n) is 5.32. The molecule has 0 spiro atoms. The van der Waals surface area contributed by atoms with Crippen LogP contribution in [0.5, 0.6) is 0 Å². The lowest BCUT2D eigenvalue weighted by molar-refractivity contribution is 0.505. The Balaban J connectivity index is 1.45. The van der Waals surface area contributed by atoms with E-state index in [-0.39, 0.29) is 5.41 Å². The second kappa shape index (κ2) is 8.04. The van der Waals surface area contributed by atoms with Gasteiger partial charge in [0.2, 0.25) is 0 Å². The number of nitrogens with zero attached hydrogens (tertiary/aromatic N) is 1. The van der Waals surface area contributed by atoms with Gasteiger partial charge in [0.05, 0.1) is 0 Å². The molecular weight excluding hydrogens is 374 g/mol. The summed E-state index contributed by atoms with van der Waals surface area (Å²) in [5.74, 6) is 0.681. The van der Waals surface area contributed by atoms with Crippen LogP contribution in [0.3, 0.4) is 0 Å². The molecule has 1 fully saturated rings. The molecule has 0 bridgehead atoms. The van der Waals surface area contributed by atoms with E-state index in [1.54, 1.807) is 5.56 Å². The molecular formula is C30H33N. The Morgan fingerprint density at radius 3 is 2.29 bits per heavy atom. The zero-order chi connectivity index (χ0) is 21.4. The van der Waals surface area contributed by atoms with Crippen LogP contribution in [-0.4, -0.2) is 6.04 Å². The van der Waals surface area contributed by atoms with Crippen LogP contribution in [0.15, 0.2) is 72.8 Å². The Morgan fingerprint density at radius 1 is 0.871 bits per heavy atom. The summed E-state index contributed by atoms with van der Waals surface area (Å²) in [6.45, 7) is 7.04. The number of anilines is 2. The van der Waals surface area contributed by atoms with E-state index >= 15 is 0 Å². The molecule has 2 unspecified atom stereocenters. The second-order valence-corrected chi connectivity index (χ2v) is 9.82. The van der Waals surface area contributed by atoms with Crippen LogP contribution in [-0.2, 0) is 5.41 Å². The minimum absolute atomic E-state index is 0.239. The van der Waals surface area contributed by atoms with E-state index in [2.05, 4.69) is 111 Å². The van der Waals surface area contributed by atoms with Crippen molar-refractivity contribution in [1.82, 2.24) is 0 Å². The highest BCUT2D eigenvalue weighted by Crippen LogP contribution is 2.53. The molecule has 1 aliphatic heterocycles. The predicted octanol–water partition coefficient (Wildman–Crippen LogP) is 8.33. The van der Waals surface area contributed by atoms with Crippen molar-refractivity contribution in [3.63, 3.8) is 0 Å². The molecule has 2 aliphatic rings. The van der Waals surface area contributed by atoms with Crippen molar-refractivity contribution in [2.24, 2.45) is 0 Å². The Bertz CT molecular complexity index is 1080. The number of benzene rings is 3.